The predicted molar refractivity (Wildman–Crippen MR) is 53.1 cm³/mol. The highest BCUT2D eigenvalue weighted by molar-refractivity contribution is 4.79. The predicted octanol–water partition coefficient (Wildman–Crippen LogP) is 1.46. The van der Waals surface area contributed by atoms with E-state index in [2.05, 4.69) is 18.7 Å². The Labute approximate surface area is 76.1 Å². The standard InChI is InChI=1S/C10H22N2/c1-3-10-5-4-6-12(10)8-9(2)7-11/h9-10H,3-8,11H2,1-2H3. The van der Waals surface area contributed by atoms with Gasteiger partial charge in [0.2, 0.25) is 0 Å². The molecule has 0 aromatic carbocycles. The first-order chi connectivity index (χ1) is 5.77. The topological polar surface area (TPSA) is 29.3 Å². The minimum Gasteiger partial charge on any atom is -0.330 e. The normalized spacial score (nSPS) is 27.8. The summed E-state index contributed by atoms with van der Waals surface area (Å²) < 4.78 is 0. The minimum absolute atomic E-state index is 0.664. The van der Waals surface area contributed by atoms with Crippen molar-refractivity contribution in [1.29, 1.82) is 0 Å². The molecule has 1 saturated heterocycles. The highest BCUT2D eigenvalue weighted by Crippen LogP contribution is 2.20. The molecule has 1 rings (SSSR count). The lowest BCUT2D eigenvalue weighted by atomic mass is 10.1. The van der Waals surface area contributed by atoms with Crippen molar-refractivity contribution in [3.63, 3.8) is 0 Å². The summed E-state index contributed by atoms with van der Waals surface area (Å²) in [5.41, 5.74) is 5.61. The number of nitrogens with two attached hydrogens (primary N) is 1. The van der Waals surface area contributed by atoms with Crippen LogP contribution in [0.4, 0.5) is 0 Å². The zero-order valence-electron chi connectivity index (χ0n) is 8.42. The third-order valence-corrected chi connectivity index (χ3v) is 2.92. The molecular weight excluding hydrogens is 148 g/mol. The molecule has 1 aliphatic heterocycles. The van der Waals surface area contributed by atoms with Crippen LogP contribution in [0.1, 0.15) is 33.1 Å². The number of likely N-dealkylation sites (tertiary alicyclic amines) is 1. The Kier molecular flexibility index (Phi) is 4.02. The fourth-order valence-corrected chi connectivity index (χ4v) is 2.07. The summed E-state index contributed by atoms with van der Waals surface area (Å²) in [7, 11) is 0. The number of nitrogens with zero attached hydrogens (tertiary/aromatic N) is 1. The van der Waals surface area contributed by atoms with Crippen LogP contribution in [0.25, 0.3) is 0 Å². The van der Waals surface area contributed by atoms with Gasteiger partial charge in [0.15, 0.2) is 0 Å². The maximum Gasteiger partial charge on any atom is 0.00932 e. The molecule has 2 nitrogen and oxygen atoms in total. The number of hydrogen-bond donors (Lipinski definition) is 1. The van der Waals surface area contributed by atoms with E-state index in [4.69, 9.17) is 5.73 Å². The van der Waals surface area contributed by atoms with Gasteiger partial charge in [-0.3, -0.25) is 0 Å². The summed E-state index contributed by atoms with van der Waals surface area (Å²) in [4.78, 5) is 2.61. The Morgan fingerprint density at radius 1 is 1.58 bits per heavy atom. The molecule has 0 amide bonds. The van der Waals surface area contributed by atoms with Crippen LogP contribution in [0.5, 0.6) is 0 Å². The lowest BCUT2D eigenvalue weighted by Crippen LogP contribution is -2.35. The zero-order chi connectivity index (χ0) is 8.97. The van der Waals surface area contributed by atoms with E-state index in [1.807, 2.05) is 0 Å². The number of rotatable bonds is 4. The molecule has 1 heterocycles. The van der Waals surface area contributed by atoms with Crippen LogP contribution in [0.2, 0.25) is 0 Å². The lowest BCUT2D eigenvalue weighted by molar-refractivity contribution is 0.218. The van der Waals surface area contributed by atoms with Crippen molar-refractivity contribution in [2.75, 3.05) is 19.6 Å². The summed E-state index contributed by atoms with van der Waals surface area (Å²) in [5.74, 6) is 0.664. The molecule has 0 aromatic heterocycles. The average molecular weight is 170 g/mol. The molecule has 2 N–H and O–H groups in total. The smallest absolute Gasteiger partial charge is 0.00932 e. The third kappa shape index (κ3) is 2.46. The Morgan fingerprint density at radius 2 is 2.33 bits per heavy atom. The molecule has 0 aliphatic carbocycles. The van der Waals surface area contributed by atoms with Crippen LogP contribution in [0.15, 0.2) is 0 Å². The summed E-state index contributed by atoms with van der Waals surface area (Å²) in [6.45, 7) is 7.85. The molecule has 12 heavy (non-hydrogen) atoms. The van der Waals surface area contributed by atoms with Gasteiger partial charge < -0.3 is 10.6 Å². The van der Waals surface area contributed by atoms with Gasteiger partial charge in [0, 0.05) is 12.6 Å². The van der Waals surface area contributed by atoms with Crippen molar-refractivity contribution in [2.45, 2.75) is 39.2 Å². The van der Waals surface area contributed by atoms with Crippen molar-refractivity contribution in [3.05, 3.63) is 0 Å². The van der Waals surface area contributed by atoms with Gasteiger partial charge in [-0.15, -0.1) is 0 Å². The van der Waals surface area contributed by atoms with Gasteiger partial charge in [-0.2, -0.15) is 0 Å². The zero-order valence-corrected chi connectivity index (χ0v) is 8.42. The molecule has 1 fully saturated rings. The fourth-order valence-electron chi connectivity index (χ4n) is 2.07. The first-order valence-corrected chi connectivity index (χ1v) is 5.22. The van der Waals surface area contributed by atoms with E-state index in [0.29, 0.717) is 5.92 Å². The largest absolute Gasteiger partial charge is 0.330 e. The Morgan fingerprint density at radius 3 is 2.92 bits per heavy atom. The maximum atomic E-state index is 5.61. The van der Waals surface area contributed by atoms with Crippen molar-refractivity contribution in [2.24, 2.45) is 11.7 Å². The van der Waals surface area contributed by atoms with Gasteiger partial charge in [0.05, 0.1) is 0 Å². The molecule has 2 heteroatoms. The SMILES string of the molecule is CCC1CCCN1CC(C)CN. The summed E-state index contributed by atoms with van der Waals surface area (Å²) >= 11 is 0. The average Bonchev–Trinajstić information content (AvgIpc) is 2.51. The van der Waals surface area contributed by atoms with Crippen LogP contribution in [0.3, 0.4) is 0 Å². The first kappa shape index (κ1) is 10.0. The van der Waals surface area contributed by atoms with Crippen LogP contribution in [-0.2, 0) is 0 Å². The Hall–Kier alpha value is -0.0800. The van der Waals surface area contributed by atoms with Crippen molar-refractivity contribution in [3.8, 4) is 0 Å². The highest BCUT2D eigenvalue weighted by Gasteiger charge is 2.23. The second-order valence-electron chi connectivity index (χ2n) is 4.04. The van der Waals surface area contributed by atoms with E-state index < -0.39 is 0 Å². The minimum atomic E-state index is 0.664. The van der Waals surface area contributed by atoms with Gasteiger partial charge in [0.1, 0.15) is 0 Å². The molecule has 2 atom stereocenters. The van der Waals surface area contributed by atoms with Gasteiger partial charge in [0.25, 0.3) is 0 Å². The van der Waals surface area contributed by atoms with E-state index >= 15 is 0 Å². The van der Waals surface area contributed by atoms with Gasteiger partial charge in [-0.1, -0.05) is 13.8 Å². The van der Waals surface area contributed by atoms with Crippen molar-refractivity contribution >= 4 is 0 Å². The van der Waals surface area contributed by atoms with Crippen LogP contribution >= 0.6 is 0 Å². The third-order valence-electron chi connectivity index (χ3n) is 2.92. The molecule has 72 valence electrons. The molecule has 0 bridgehead atoms. The van der Waals surface area contributed by atoms with E-state index in [-0.39, 0.29) is 0 Å². The van der Waals surface area contributed by atoms with Gasteiger partial charge >= 0.3 is 0 Å². The maximum absolute atomic E-state index is 5.61. The second-order valence-corrected chi connectivity index (χ2v) is 4.04. The Bertz CT molecular complexity index is 125. The van der Waals surface area contributed by atoms with Crippen molar-refractivity contribution in [1.82, 2.24) is 4.90 Å². The molecular formula is C10H22N2. The highest BCUT2D eigenvalue weighted by atomic mass is 15.2. The molecule has 1 aliphatic rings. The van der Waals surface area contributed by atoms with E-state index in [9.17, 15) is 0 Å². The second kappa shape index (κ2) is 4.83. The lowest BCUT2D eigenvalue weighted by Gasteiger charge is -2.25. The molecule has 0 saturated carbocycles. The first-order valence-electron chi connectivity index (χ1n) is 5.22. The molecule has 0 aromatic rings. The quantitative estimate of drug-likeness (QED) is 0.692. The Balaban J connectivity index is 2.30. The fraction of sp³-hybridized carbons (Fsp3) is 1.00. The summed E-state index contributed by atoms with van der Waals surface area (Å²) in [5, 5.41) is 0. The molecule has 0 radical (unpaired) electrons. The van der Waals surface area contributed by atoms with Gasteiger partial charge in [-0.05, 0) is 38.3 Å². The molecule has 0 spiro atoms. The van der Waals surface area contributed by atoms with Gasteiger partial charge in [-0.25, -0.2) is 0 Å². The molecule has 2 unspecified atom stereocenters. The number of hydrogen-bond acceptors (Lipinski definition) is 2. The van der Waals surface area contributed by atoms with Crippen molar-refractivity contribution < 1.29 is 0 Å². The van der Waals surface area contributed by atoms with Crippen LogP contribution in [-0.4, -0.2) is 30.6 Å². The summed E-state index contributed by atoms with van der Waals surface area (Å²) in [6, 6.07) is 0.846. The van der Waals surface area contributed by atoms with Crippen LogP contribution in [0, 0.1) is 5.92 Å². The van der Waals surface area contributed by atoms with E-state index in [1.54, 1.807) is 0 Å². The monoisotopic (exact) mass is 170 g/mol. The van der Waals surface area contributed by atoms with E-state index in [0.717, 1.165) is 12.6 Å². The summed E-state index contributed by atoms with van der Waals surface area (Å²) in [6.07, 6.45) is 4.08. The van der Waals surface area contributed by atoms with E-state index in [1.165, 1.54) is 32.4 Å². The van der Waals surface area contributed by atoms with Crippen LogP contribution < -0.4 is 5.73 Å².